The summed E-state index contributed by atoms with van der Waals surface area (Å²) in [5, 5.41) is 3.36. The molecule has 1 N–H and O–H groups in total. The fourth-order valence-corrected chi connectivity index (χ4v) is 3.03. The van der Waals surface area contributed by atoms with E-state index >= 15 is 0 Å². The van der Waals surface area contributed by atoms with E-state index in [1.807, 2.05) is 4.90 Å². The molecule has 128 valence electrons. The van der Waals surface area contributed by atoms with Crippen molar-refractivity contribution in [2.24, 2.45) is 5.92 Å². The number of likely N-dealkylation sites (tertiary alicyclic amines) is 1. The fraction of sp³-hybridized carbons (Fsp3) is 0.625. The van der Waals surface area contributed by atoms with Crippen molar-refractivity contribution in [2.75, 3.05) is 39.8 Å². The summed E-state index contributed by atoms with van der Waals surface area (Å²) >= 11 is 3.17. The molecule has 0 bridgehead atoms. The van der Waals surface area contributed by atoms with Crippen molar-refractivity contribution in [3.8, 4) is 0 Å². The van der Waals surface area contributed by atoms with Gasteiger partial charge in [-0.3, -0.25) is 9.59 Å². The highest BCUT2D eigenvalue weighted by molar-refractivity contribution is 9.10. The van der Waals surface area contributed by atoms with E-state index in [4.69, 9.17) is 4.42 Å². The second-order valence-corrected chi connectivity index (χ2v) is 6.68. The van der Waals surface area contributed by atoms with E-state index in [0.29, 0.717) is 10.6 Å². The molecule has 1 aromatic heterocycles. The molecule has 0 unspecified atom stereocenters. The van der Waals surface area contributed by atoms with Gasteiger partial charge in [-0.2, -0.15) is 0 Å². The van der Waals surface area contributed by atoms with Crippen molar-refractivity contribution in [3.63, 3.8) is 0 Å². The van der Waals surface area contributed by atoms with Gasteiger partial charge < -0.3 is 19.5 Å². The minimum atomic E-state index is -0.286. The highest BCUT2D eigenvalue weighted by Crippen LogP contribution is 2.18. The number of carbonyl (C=O) groups is 2. The highest BCUT2D eigenvalue weighted by atomic mass is 79.9. The van der Waals surface area contributed by atoms with Crippen molar-refractivity contribution < 1.29 is 14.0 Å². The molecule has 0 atom stereocenters. The molecule has 7 heteroatoms. The zero-order valence-corrected chi connectivity index (χ0v) is 15.3. The Morgan fingerprint density at radius 1 is 1.39 bits per heavy atom. The van der Waals surface area contributed by atoms with Crippen molar-refractivity contribution in [2.45, 2.75) is 19.8 Å². The van der Waals surface area contributed by atoms with Crippen molar-refractivity contribution in [3.05, 3.63) is 22.6 Å². The van der Waals surface area contributed by atoms with Crippen LogP contribution in [-0.4, -0.2) is 61.4 Å². The molecule has 0 saturated carbocycles. The average Bonchev–Trinajstić information content (AvgIpc) is 2.99. The maximum atomic E-state index is 12.3. The van der Waals surface area contributed by atoms with Crippen LogP contribution in [0.15, 0.2) is 21.2 Å². The van der Waals surface area contributed by atoms with E-state index in [2.05, 4.69) is 28.2 Å². The lowest BCUT2D eigenvalue weighted by atomic mass is 9.97. The Labute approximate surface area is 145 Å². The molecule has 1 aliphatic rings. The number of rotatable bonds is 6. The Kier molecular flexibility index (Phi) is 6.65. The van der Waals surface area contributed by atoms with E-state index < -0.39 is 0 Å². The number of carbonyl (C=O) groups excluding carboxylic acids is 2. The molecule has 23 heavy (non-hydrogen) atoms. The molecular weight excluding hydrogens is 362 g/mol. The molecule has 2 heterocycles. The van der Waals surface area contributed by atoms with Gasteiger partial charge in [-0.05, 0) is 59.9 Å². The van der Waals surface area contributed by atoms with E-state index in [1.54, 1.807) is 19.2 Å². The smallest absolute Gasteiger partial charge is 0.289 e. The van der Waals surface area contributed by atoms with Crippen LogP contribution in [0.1, 0.15) is 30.3 Å². The lowest BCUT2D eigenvalue weighted by Crippen LogP contribution is -2.45. The van der Waals surface area contributed by atoms with Gasteiger partial charge in [0.1, 0.15) is 0 Å². The number of hydrogen-bond donors (Lipinski definition) is 1. The monoisotopic (exact) mass is 385 g/mol. The largest absolute Gasteiger partial charge is 0.444 e. The second-order valence-electron chi connectivity index (χ2n) is 5.90. The molecule has 1 fully saturated rings. The first-order chi connectivity index (χ1) is 11.0. The zero-order valence-electron chi connectivity index (χ0n) is 13.7. The van der Waals surface area contributed by atoms with Gasteiger partial charge in [0, 0.05) is 20.1 Å². The van der Waals surface area contributed by atoms with Gasteiger partial charge in [0.2, 0.25) is 5.91 Å². The summed E-state index contributed by atoms with van der Waals surface area (Å²) in [7, 11) is 1.62. The molecule has 6 nitrogen and oxygen atoms in total. The quantitative estimate of drug-likeness (QED) is 0.812. The summed E-state index contributed by atoms with van der Waals surface area (Å²) in [5.41, 5.74) is 0. The van der Waals surface area contributed by atoms with Crippen LogP contribution in [0, 0.1) is 5.92 Å². The van der Waals surface area contributed by atoms with Crippen LogP contribution in [0.25, 0.3) is 0 Å². The van der Waals surface area contributed by atoms with Crippen LogP contribution < -0.4 is 5.32 Å². The van der Waals surface area contributed by atoms with Gasteiger partial charge in [0.25, 0.3) is 5.91 Å². The first-order valence-corrected chi connectivity index (χ1v) is 8.79. The summed E-state index contributed by atoms with van der Waals surface area (Å²) < 4.78 is 5.74. The topological polar surface area (TPSA) is 65.8 Å². The van der Waals surface area contributed by atoms with Crippen LogP contribution in [0.2, 0.25) is 0 Å². The van der Waals surface area contributed by atoms with E-state index in [-0.39, 0.29) is 24.1 Å². The summed E-state index contributed by atoms with van der Waals surface area (Å²) in [4.78, 5) is 27.8. The first kappa shape index (κ1) is 18.0. The number of nitrogens with zero attached hydrogens (tertiary/aromatic N) is 2. The number of amides is 2. The minimum absolute atomic E-state index is 0.00614. The lowest BCUT2D eigenvalue weighted by molar-refractivity contribution is -0.133. The van der Waals surface area contributed by atoms with Gasteiger partial charge >= 0.3 is 0 Å². The molecule has 2 rings (SSSR count). The third-order valence-corrected chi connectivity index (χ3v) is 4.58. The molecule has 0 radical (unpaired) electrons. The van der Waals surface area contributed by atoms with Crippen LogP contribution >= 0.6 is 15.9 Å². The molecule has 2 amide bonds. The van der Waals surface area contributed by atoms with E-state index in [0.717, 1.165) is 39.0 Å². The van der Waals surface area contributed by atoms with Gasteiger partial charge in [0.15, 0.2) is 10.4 Å². The van der Waals surface area contributed by atoms with Gasteiger partial charge in [-0.25, -0.2) is 0 Å². The van der Waals surface area contributed by atoms with Crippen molar-refractivity contribution >= 4 is 27.7 Å². The third-order valence-electron chi connectivity index (χ3n) is 4.15. The molecule has 0 aliphatic carbocycles. The summed E-state index contributed by atoms with van der Waals surface area (Å²) in [6.45, 7) is 5.71. The number of likely N-dealkylation sites (N-methyl/N-ethyl adjacent to an activating group) is 1. The predicted molar refractivity (Wildman–Crippen MR) is 91.2 cm³/mol. The molecular formula is C16H24BrN3O3. The van der Waals surface area contributed by atoms with Crippen LogP contribution in [0.5, 0.6) is 0 Å². The molecule has 1 saturated heterocycles. The standard InChI is InChI=1S/C16H24BrN3O3/c1-3-18-10-12-6-8-20(9-7-12)15(21)11-19(2)16(22)13-4-5-14(17)23-13/h4-5,12,18H,3,6-11H2,1-2H3. The Bertz CT molecular complexity index is 538. The predicted octanol–water partition coefficient (Wildman–Crippen LogP) is 1.96. The van der Waals surface area contributed by atoms with Crippen molar-refractivity contribution in [1.29, 1.82) is 0 Å². The fourth-order valence-electron chi connectivity index (χ4n) is 2.73. The number of furan rings is 1. The van der Waals surface area contributed by atoms with Gasteiger partial charge in [0.05, 0.1) is 6.54 Å². The van der Waals surface area contributed by atoms with E-state index in [1.165, 1.54) is 4.90 Å². The maximum Gasteiger partial charge on any atom is 0.289 e. The zero-order chi connectivity index (χ0) is 16.8. The SMILES string of the molecule is CCNCC1CCN(C(=O)CN(C)C(=O)c2ccc(Br)o2)CC1. The Hall–Kier alpha value is -1.34. The number of halogens is 1. The normalized spacial score (nSPS) is 15.7. The summed E-state index contributed by atoms with van der Waals surface area (Å²) in [6, 6.07) is 3.26. The van der Waals surface area contributed by atoms with Crippen molar-refractivity contribution in [1.82, 2.24) is 15.1 Å². The Morgan fingerprint density at radius 2 is 2.09 bits per heavy atom. The second kappa shape index (κ2) is 8.49. The van der Waals surface area contributed by atoms with Gasteiger partial charge in [-0.1, -0.05) is 6.92 Å². The Balaban J connectivity index is 1.79. The van der Waals surface area contributed by atoms with Crippen LogP contribution in [-0.2, 0) is 4.79 Å². The highest BCUT2D eigenvalue weighted by Gasteiger charge is 2.25. The Morgan fingerprint density at radius 3 is 2.65 bits per heavy atom. The maximum absolute atomic E-state index is 12.3. The summed E-state index contributed by atoms with van der Waals surface area (Å²) in [6.07, 6.45) is 2.03. The number of hydrogen-bond acceptors (Lipinski definition) is 4. The van der Waals surface area contributed by atoms with Crippen LogP contribution in [0.4, 0.5) is 0 Å². The minimum Gasteiger partial charge on any atom is -0.444 e. The summed E-state index contributed by atoms with van der Waals surface area (Å²) in [5.74, 6) is 0.579. The molecule has 1 aromatic rings. The van der Waals surface area contributed by atoms with E-state index in [9.17, 15) is 9.59 Å². The third kappa shape index (κ3) is 5.07. The molecule has 1 aliphatic heterocycles. The first-order valence-electron chi connectivity index (χ1n) is 8.00. The van der Waals surface area contributed by atoms with Crippen LogP contribution in [0.3, 0.4) is 0 Å². The number of nitrogens with one attached hydrogen (secondary N) is 1. The molecule has 0 aromatic carbocycles. The molecule has 0 spiro atoms. The average molecular weight is 386 g/mol. The lowest BCUT2D eigenvalue weighted by Gasteiger charge is -2.33. The van der Waals surface area contributed by atoms with Gasteiger partial charge in [-0.15, -0.1) is 0 Å². The number of piperidine rings is 1.